The molecule has 0 bridgehead atoms. The molecule has 0 amide bonds. The van der Waals surface area contributed by atoms with Crippen molar-refractivity contribution >= 4 is 21.8 Å². The molecule has 10 aromatic rings. The van der Waals surface area contributed by atoms with Gasteiger partial charge in [-0.25, -0.2) is 9.67 Å². The first-order valence-electron chi connectivity index (χ1n) is 18.7. The summed E-state index contributed by atoms with van der Waals surface area (Å²) >= 11 is 0. The van der Waals surface area contributed by atoms with E-state index in [1.165, 1.54) is 60.9 Å². The summed E-state index contributed by atoms with van der Waals surface area (Å²) in [5.74, 6) is 1.50. The average molecular weight is 705 g/mol. The Balaban J connectivity index is 1.05. The Hall–Kier alpha value is -7.30. The van der Waals surface area contributed by atoms with Crippen molar-refractivity contribution in [2.24, 2.45) is 0 Å². The monoisotopic (exact) mass is 704 g/mol. The van der Waals surface area contributed by atoms with Crippen LogP contribution in [0.2, 0.25) is 0 Å². The van der Waals surface area contributed by atoms with Crippen LogP contribution in [0.5, 0.6) is 0 Å². The zero-order chi connectivity index (χ0) is 36.7. The van der Waals surface area contributed by atoms with E-state index in [1.807, 2.05) is 53.2 Å². The smallest absolute Gasteiger partial charge is 0.182 e. The van der Waals surface area contributed by atoms with Gasteiger partial charge in [0.1, 0.15) is 0 Å². The van der Waals surface area contributed by atoms with Crippen LogP contribution in [0.25, 0.3) is 89.3 Å². The first kappa shape index (κ1) is 32.4. The highest BCUT2D eigenvalue weighted by atomic mass is 15.4. The van der Waals surface area contributed by atoms with Gasteiger partial charge in [0.2, 0.25) is 0 Å². The van der Waals surface area contributed by atoms with Crippen LogP contribution >= 0.6 is 0 Å². The second-order valence-corrected chi connectivity index (χ2v) is 14.0. The predicted octanol–water partition coefficient (Wildman–Crippen LogP) is 13.0. The van der Waals surface area contributed by atoms with Crippen LogP contribution in [0.15, 0.2) is 200 Å². The molecule has 4 nitrogen and oxygen atoms in total. The van der Waals surface area contributed by atoms with Crippen molar-refractivity contribution < 1.29 is 0 Å². The van der Waals surface area contributed by atoms with Gasteiger partial charge < -0.3 is 4.57 Å². The predicted molar refractivity (Wildman–Crippen MR) is 228 cm³/mol. The van der Waals surface area contributed by atoms with Crippen molar-refractivity contribution in [1.29, 1.82) is 0 Å². The molecule has 0 radical (unpaired) electrons. The minimum absolute atomic E-state index is 0.698. The van der Waals surface area contributed by atoms with Gasteiger partial charge in [0, 0.05) is 27.6 Å². The lowest BCUT2D eigenvalue weighted by Crippen LogP contribution is -1.99. The third-order valence-corrected chi connectivity index (χ3v) is 10.5. The van der Waals surface area contributed by atoms with Gasteiger partial charge in [-0.1, -0.05) is 163 Å². The van der Waals surface area contributed by atoms with Crippen molar-refractivity contribution in [3.63, 3.8) is 0 Å². The third kappa shape index (κ3) is 5.81. The molecule has 260 valence electrons. The van der Waals surface area contributed by atoms with E-state index in [0.717, 1.165) is 28.2 Å². The fourth-order valence-electron chi connectivity index (χ4n) is 7.81. The zero-order valence-electron chi connectivity index (χ0n) is 30.3. The van der Waals surface area contributed by atoms with Gasteiger partial charge in [-0.3, -0.25) is 0 Å². The fraction of sp³-hybridized carbons (Fsp3) is 0.0196. The standard InChI is InChI=1S/C51H36N4/c1-35-24-29-40(30-25-35)54-48-23-13-12-22-46(48)47-34-39(28-33-49(47)54)43-19-9-11-21-45(43)44-20-10-8-18-42(44)36-26-31-41(32-27-36)55-51(38-16-6-3-7-17-38)52-50(53-55)37-14-4-2-5-15-37/h2-34H,1H3. The molecule has 0 aliphatic heterocycles. The minimum atomic E-state index is 0.698. The topological polar surface area (TPSA) is 35.6 Å². The van der Waals surface area contributed by atoms with Crippen LogP contribution in [-0.2, 0) is 0 Å². The Morgan fingerprint density at radius 2 is 0.909 bits per heavy atom. The number of para-hydroxylation sites is 1. The summed E-state index contributed by atoms with van der Waals surface area (Å²) in [6.07, 6.45) is 0. The summed E-state index contributed by atoms with van der Waals surface area (Å²) in [5, 5.41) is 7.49. The average Bonchev–Trinajstić information content (AvgIpc) is 3.85. The molecule has 0 unspecified atom stereocenters. The van der Waals surface area contributed by atoms with Crippen molar-refractivity contribution in [3.05, 3.63) is 206 Å². The zero-order valence-corrected chi connectivity index (χ0v) is 30.3. The first-order chi connectivity index (χ1) is 27.2. The Morgan fingerprint density at radius 1 is 0.382 bits per heavy atom. The molecule has 0 saturated carbocycles. The maximum atomic E-state index is 5.01. The van der Waals surface area contributed by atoms with Crippen molar-refractivity contribution in [2.45, 2.75) is 6.92 Å². The molecule has 0 N–H and O–H groups in total. The Labute approximate surface area is 320 Å². The van der Waals surface area contributed by atoms with Crippen LogP contribution in [0.1, 0.15) is 5.56 Å². The number of rotatable bonds is 7. The van der Waals surface area contributed by atoms with Gasteiger partial charge >= 0.3 is 0 Å². The number of nitrogens with zero attached hydrogens (tertiary/aromatic N) is 4. The number of benzene rings is 8. The second-order valence-electron chi connectivity index (χ2n) is 14.0. The quantitative estimate of drug-likeness (QED) is 0.166. The van der Waals surface area contributed by atoms with Crippen molar-refractivity contribution in [3.8, 4) is 67.5 Å². The van der Waals surface area contributed by atoms with Gasteiger partial charge in [0.05, 0.1) is 16.7 Å². The molecule has 0 spiro atoms. The summed E-state index contributed by atoms with van der Waals surface area (Å²) in [6.45, 7) is 2.13. The SMILES string of the molecule is Cc1ccc(-n2c3ccccc3c3cc(-c4ccccc4-c4ccccc4-c4ccc(-n5nc(-c6ccccc6)nc5-c5ccccc5)cc4)ccc32)cc1. The van der Waals surface area contributed by atoms with Crippen LogP contribution in [-0.4, -0.2) is 19.3 Å². The van der Waals surface area contributed by atoms with E-state index < -0.39 is 0 Å². The maximum absolute atomic E-state index is 5.01. The summed E-state index contributed by atoms with van der Waals surface area (Å²) in [7, 11) is 0. The highest BCUT2D eigenvalue weighted by molar-refractivity contribution is 6.11. The molecule has 0 aliphatic rings. The lowest BCUT2D eigenvalue weighted by molar-refractivity contribution is 0.891. The molecule has 2 aromatic heterocycles. The largest absolute Gasteiger partial charge is 0.309 e. The molecule has 55 heavy (non-hydrogen) atoms. The van der Waals surface area contributed by atoms with E-state index in [0.29, 0.717) is 5.82 Å². The van der Waals surface area contributed by atoms with Crippen molar-refractivity contribution in [1.82, 2.24) is 19.3 Å². The molecule has 0 fully saturated rings. The highest BCUT2D eigenvalue weighted by Crippen LogP contribution is 2.41. The summed E-state index contributed by atoms with van der Waals surface area (Å²) in [4.78, 5) is 5.01. The number of hydrogen-bond donors (Lipinski definition) is 0. The highest BCUT2D eigenvalue weighted by Gasteiger charge is 2.18. The molecule has 2 heterocycles. The summed E-state index contributed by atoms with van der Waals surface area (Å²) in [5.41, 5.74) is 14.9. The van der Waals surface area contributed by atoms with Crippen LogP contribution in [0.3, 0.4) is 0 Å². The molecule has 4 heteroatoms. The molecular formula is C51H36N4. The van der Waals surface area contributed by atoms with E-state index >= 15 is 0 Å². The molecule has 0 atom stereocenters. The number of aryl methyl sites for hydroxylation is 1. The van der Waals surface area contributed by atoms with E-state index in [4.69, 9.17) is 10.1 Å². The Kier molecular flexibility index (Phi) is 8.00. The maximum Gasteiger partial charge on any atom is 0.182 e. The fourth-order valence-corrected chi connectivity index (χ4v) is 7.81. The van der Waals surface area contributed by atoms with E-state index in [-0.39, 0.29) is 0 Å². The van der Waals surface area contributed by atoms with Crippen LogP contribution < -0.4 is 0 Å². The second kappa shape index (κ2) is 13.6. The van der Waals surface area contributed by atoms with Gasteiger partial charge in [0.15, 0.2) is 11.6 Å². The molecule has 0 aliphatic carbocycles. The van der Waals surface area contributed by atoms with Crippen LogP contribution in [0.4, 0.5) is 0 Å². The van der Waals surface area contributed by atoms with E-state index in [1.54, 1.807) is 0 Å². The third-order valence-electron chi connectivity index (χ3n) is 10.5. The van der Waals surface area contributed by atoms with Gasteiger partial charge in [-0.05, 0) is 82.8 Å². The number of fused-ring (bicyclic) bond motifs is 3. The van der Waals surface area contributed by atoms with E-state index in [2.05, 4.69) is 163 Å². The molecule has 0 saturated heterocycles. The first-order valence-corrected chi connectivity index (χ1v) is 18.7. The number of hydrogen-bond acceptors (Lipinski definition) is 2. The van der Waals surface area contributed by atoms with Gasteiger partial charge in [0.25, 0.3) is 0 Å². The van der Waals surface area contributed by atoms with Gasteiger partial charge in [-0.2, -0.15) is 0 Å². The lowest BCUT2D eigenvalue weighted by Gasteiger charge is -2.15. The van der Waals surface area contributed by atoms with Crippen LogP contribution in [0, 0.1) is 6.92 Å². The lowest BCUT2D eigenvalue weighted by atomic mass is 9.89. The summed E-state index contributed by atoms with van der Waals surface area (Å²) < 4.78 is 4.33. The van der Waals surface area contributed by atoms with Crippen molar-refractivity contribution in [2.75, 3.05) is 0 Å². The van der Waals surface area contributed by atoms with E-state index in [9.17, 15) is 0 Å². The van der Waals surface area contributed by atoms with Gasteiger partial charge in [-0.15, -0.1) is 5.10 Å². The molecule has 10 rings (SSSR count). The minimum Gasteiger partial charge on any atom is -0.309 e. The summed E-state index contributed by atoms with van der Waals surface area (Å²) in [6, 6.07) is 71.0. The number of aromatic nitrogens is 4. The Bertz CT molecular complexity index is 2960. The normalized spacial score (nSPS) is 11.4. The molecular weight excluding hydrogens is 669 g/mol. The Morgan fingerprint density at radius 3 is 1.60 bits per heavy atom. The molecule has 8 aromatic carbocycles.